The Labute approximate surface area is 69.8 Å². The highest BCUT2D eigenvalue weighted by Crippen LogP contribution is 2.21. The normalized spacial score (nSPS) is 10.5. The van der Waals surface area contributed by atoms with Crippen molar-refractivity contribution in [2.45, 2.75) is 6.92 Å². The molecule has 2 aromatic rings. The molecule has 0 aliphatic rings. The molecule has 2 aromatic heterocycles. The van der Waals surface area contributed by atoms with Gasteiger partial charge in [-0.3, -0.25) is 4.40 Å². The first kappa shape index (κ1) is 7.09. The fraction of sp³-hybridized carbons (Fsp3) is 0.250. The number of nitrogens with zero attached hydrogens (tertiary/aromatic N) is 3. The molecule has 0 saturated carbocycles. The van der Waals surface area contributed by atoms with Crippen LogP contribution >= 0.6 is 0 Å². The molecule has 12 heavy (non-hydrogen) atoms. The van der Waals surface area contributed by atoms with Gasteiger partial charge >= 0.3 is 0 Å². The summed E-state index contributed by atoms with van der Waals surface area (Å²) in [5.74, 6) is 0.787. The Hall–Kier alpha value is -1.58. The SMILES string of the molecule is COc1c(C)ccn2cnnc12. The third kappa shape index (κ3) is 0.845. The number of rotatable bonds is 1. The summed E-state index contributed by atoms with van der Waals surface area (Å²) in [6.07, 6.45) is 3.56. The van der Waals surface area contributed by atoms with Gasteiger partial charge in [-0.05, 0) is 18.6 Å². The van der Waals surface area contributed by atoms with Crippen LogP contribution in [0.1, 0.15) is 5.56 Å². The minimum Gasteiger partial charge on any atom is -0.492 e. The summed E-state index contributed by atoms with van der Waals surface area (Å²) in [5.41, 5.74) is 1.83. The molecule has 0 spiro atoms. The van der Waals surface area contributed by atoms with Crippen molar-refractivity contribution in [1.29, 1.82) is 0 Å². The van der Waals surface area contributed by atoms with Crippen LogP contribution < -0.4 is 4.74 Å². The van der Waals surface area contributed by atoms with E-state index in [0.717, 1.165) is 17.0 Å². The highest BCUT2D eigenvalue weighted by Gasteiger charge is 2.05. The second kappa shape index (κ2) is 2.48. The quantitative estimate of drug-likeness (QED) is 0.630. The lowest BCUT2D eigenvalue weighted by molar-refractivity contribution is 0.413. The predicted octanol–water partition coefficient (Wildman–Crippen LogP) is 1.05. The smallest absolute Gasteiger partial charge is 0.203 e. The molecule has 62 valence electrons. The Morgan fingerprint density at radius 2 is 2.33 bits per heavy atom. The lowest BCUT2D eigenvalue weighted by Gasteiger charge is -2.03. The zero-order chi connectivity index (χ0) is 8.55. The average molecular weight is 163 g/mol. The van der Waals surface area contributed by atoms with E-state index in [2.05, 4.69) is 10.2 Å². The Bertz CT molecular complexity index is 408. The van der Waals surface area contributed by atoms with Gasteiger partial charge in [-0.15, -0.1) is 10.2 Å². The van der Waals surface area contributed by atoms with Crippen molar-refractivity contribution in [2.75, 3.05) is 7.11 Å². The van der Waals surface area contributed by atoms with E-state index >= 15 is 0 Å². The van der Waals surface area contributed by atoms with Crippen molar-refractivity contribution >= 4 is 5.65 Å². The lowest BCUT2D eigenvalue weighted by atomic mass is 10.3. The summed E-state index contributed by atoms with van der Waals surface area (Å²) in [6, 6.07) is 1.97. The first-order valence-electron chi connectivity index (χ1n) is 3.66. The van der Waals surface area contributed by atoms with E-state index in [1.807, 2.05) is 23.6 Å². The van der Waals surface area contributed by atoms with E-state index in [9.17, 15) is 0 Å². The Morgan fingerprint density at radius 1 is 1.50 bits per heavy atom. The van der Waals surface area contributed by atoms with Crippen LogP contribution in [0, 0.1) is 6.92 Å². The average Bonchev–Trinajstić information content (AvgIpc) is 2.52. The number of hydrogen-bond donors (Lipinski definition) is 0. The summed E-state index contributed by atoms with van der Waals surface area (Å²) in [6.45, 7) is 1.98. The van der Waals surface area contributed by atoms with E-state index < -0.39 is 0 Å². The molecule has 0 aliphatic heterocycles. The summed E-state index contributed by atoms with van der Waals surface area (Å²) < 4.78 is 7.02. The minimum atomic E-state index is 0.762. The molecule has 4 nitrogen and oxygen atoms in total. The monoisotopic (exact) mass is 163 g/mol. The van der Waals surface area contributed by atoms with E-state index in [1.54, 1.807) is 13.4 Å². The Morgan fingerprint density at radius 3 is 3.08 bits per heavy atom. The largest absolute Gasteiger partial charge is 0.492 e. The van der Waals surface area contributed by atoms with E-state index in [-0.39, 0.29) is 0 Å². The van der Waals surface area contributed by atoms with Gasteiger partial charge in [-0.25, -0.2) is 0 Å². The van der Waals surface area contributed by atoms with Crippen LogP contribution in [-0.4, -0.2) is 21.7 Å². The molecule has 2 rings (SSSR count). The lowest BCUT2D eigenvalue weighted by Crippen LogP contribution is -1.92. The van der Waals surface area contributed by atoms with Crippen molar-refractivity contribution in [2.24, 2.45) is 0 Å². The van der Waals surface area contributed by atoms with Gasteiger partial charge in [-0.2, -0.15) is 0 Å². The second-order valence-corrected chi connectivity index (χ2v) is 2.59. The molecule has 0 bridgehead atoms. The van der Waals surface area contributed by atoms with Crippen LogP contribution in [0.15, 0.2) is 18.6 Å². The summed E-state index contributed by atoms with van der Waals surface area (Å²) >= 11 is 0. The maximum absolute atomic E-state index is 5.19. The molecule has 0 N–H and O–H groups in total. The highest BCUT2D eigenvalue weighted by atomic mass is 16.5. The third-order valence-corrected chi connectivity index (χ3v) is 1.82. The summed E-state index contributed by atoms with van der Waals surface area (Å²) in [4.78, 5) is 0. The van der Waals surface area contributed by atoms with Crippen molar-refractivity contribution in [3.05, 3.63) is 24.2 Å². The van der Waals surface area contributed by atoms with Gasteiger partial charge in [0.05, 0.1) is 7.11 Å². The maximum Gasteiger partial charge on any atom is 0.203 e. The second-order valence-electron chi connectivity index (χ2n) is 2.59. The molecular weight excluding hydrogens is 154 g/mol. The standard InChI is InChI=1S/C8H9N3O/c1-6-3-4-11-5-9-10-8(11)7(6)12-2/h3-5H,1-2H3. The van der Waals surface area contributed by atoms with E-state index in [0.29, 0.717) is 0 Å². The number of hydrogen-bond acceptors (Lipinski definition) is 3. The zero-order valence-electron chi connectivity index (χ0n) is 6.98. The van der Waals surface area contributed by atoms with Crippen molar-refractivity contribution in [3.63, 3.8) is 0 Å². The fourth-order valence-corrected chi connectivity index (χ4v) is 1.21. The van der Waals surface area contributed by atoms with Crippen LogP contribution in [0.3, 0.4) is 0 Å². The van der Waals surface area contributed by atoms with Gasteiger partial charge < -0.3 is 4.74 Å². The minimum absolute atomic E-state index is 0.762. The van der Waals surface area contributed by atoms with Gasteiger partial charge in [0.15, 0.2) is 5.75 Å². The van der Waals surface area contributed by atoms with Crippen LogP contribution in [0.2, 0.25) is 0 Å². The first-order chi connectivity index (χ1) is 5.83. The zero-order valence-corrected chi connectivity index (χ0v) is 6.98. The number of fused-ring (bicyclic) bond motifs is 1. The van der Waals surface area contributed by atoms with Gasteiger partial charge in [0.1, 0.15) is 6.33 Å². The number of methoxy groups -OCH3 is 1. The van der Waals surface area contributed by atoms with Crippen molar-refractivity contribution < 1.29 is 4.74 Å². The van der Waals surface area contributed by atoms with Gasteiger partial charge in [0.2, 0.25) is 5.65 Å². The fourth-order valence-electron chi connectivity index (χ4n) is 1.21. The van der Waals surface area contributed by atoms with Crippen molar-refractivity contribution in [1.82, 2.24) is 14.6 Å². The van der Waals surface area contributed by atoms with Crippen LogP contribution in [0.4, 0.5) is 0 Å². The topological polar surface area (TPSA) is 39.4 Å². The predicted molar refractivity (Wildman–Crippen MR) is 44.3 cm³/mol. The molecule has 0 amide bonds. The van der Waals surface area contributed by atoms with Gasteiger partial charge in [-0.1, -0.05) is 0 Å². The summed E-state index contributed by atoms with van der Waals surface area (Å²) in [7, 11) is 1.64. The molecule has 0 unspecified atom stereocenters. The van der Waals surface area contributed by atoms with Crippen LogP contribution in [0.25, 0.3) is 5.65 Å². The molecule has 2 heterocycles. The number of pyridine rings is 1. The highest BCUT2D eigenvalue weighted by molar-refractivity contribution is 5.56. The molecule has 0 radical (unpaired) electrons. The molecule has 0 saturated heterocycles. The molecule has 4 heteroatoms. The number of aryl methyl sites for hydroxylation is 1. The van der Waals surface area contributed by atoms with Crippen LogP contribution in [-0.2, 0) is 0 Å². The molecular formula is C8H9N3O. The van der Waals surface area contributed by atoms with Crippen LogP contribution in [0.5, 0.6) is 5.75 Å². The summed E-state index contributed by atoms with van der Waals surface area (Å²) in [5, 5.41) is 7.72. The number of ether oxygens (including phenoxy) is 1. The molecule has 0 aliphatic carbocycles. The van der Waals surface area contributed by atoms with E-state index in [4.69, 9.17) is 4.74 Å². The molecule has 0 aromatic carbocycles. The molecule has 0 atom stereocenters. The van der Waals surface area contributed by atoms with Gasteiger partial charge in [0.25, 0.3) is 0 Å². The van der Waals surface area contributed by atoms with Crippen molar-refractivity contribution in [3.8, 4) is 5.75 Å². The Balaban J connectivity index is 2.83. The Kier molecular flexibility index (Phi) is 1.46. The van der Waals surface area contributed by atoms with Gasteiger partial charge in [0, 0.05) is 6.20 Å². The third-order valence-electron chi connectivity index (χ3n) is 1.82. The number of aromatic nitrogens is 3. The molecule has 0 fully saturated rings. The van der Waals surface area contributed by atoms with E-state index in [1.165, 1.54) is 0 Å². The maximum atomic E-state index is 5.19. The first-order valence-corrected chi connectivity index (χ1v) is 3.66.